The zero-order valence-electron chi connectivity index (χ0n) is 12.2. The quantitative estimate of drug-likeness (QED) is 0.704. The highest BCUT2D eigenvalue weighted by Crippen LogP contribution is 2.10. The SMILES string of the molecule is CCCNC(=O)c1ccc(NC(=O)C(N)COC)cc1.Cl. The average Bonchev–Trinajstić information content (AvgIpc) is 2.45. The van der Waals surface area contributed by atoms with Gasteiger partial charge < -0.3 is 21.1 Å². The van der Waals surface area contributed by atoms with Crippen LogP contribution in [-0.2, 0) is 9.53 Å². The van der Waals surface area contributed by atoms with E-state index in [2.05, 4.69) is 10.6 Å². The van der Waals surface area contributed by atoms with E-state index in [4.69, 9.17) is 10.5 Å². The van der Waals surface area contributed by atoms with Gasteiger partial charge in [0.2, 0.25) is 5.91 Å². The normalized spacial score (nSPS) is 11.2. The maximum atomic E-state index is 11.7. The molecule has 0 spiro atoms. The second-order valence-corrected chi connectivity index (χ2v) is 4.38. The Morgan fingerprint density at radius 1 is 1.29 bits per heavy atom. The number of benzene rings is 1. The third kappa shape index (κ3) is 6.57. The number of ether oxygens (including phenoxy) is 1. The molecule has 21 heavy (non-hydrogen) atoms. The molecule has 1 unspecified atom stereocenters. The molecule has 0 fully saturated rings. The molecule has 0 aliphatic heterocycles. The predicted octanol–water partition coefficient (Wildman–Crippen LogP) is 1.16. The van der Waals surface area contributed by atoms with E-state index in [9.17, 15) is 9.59 Å². The van der Waals surface area contributed by atoms with Crippen molar-refractivity contribution in [2.75, 3.05) is 25.6 Å². The van der Waals surface area contributed by atoms with Gasteiger partial charge in [0, 0.05) is 24.9 Å². The number of hydrogen-bond donors (Lipinski definition) is 3. The summed E-state index contributed by atoms with van der Waals surface area (Å²) in [6, 6.07) is 5.93. The van der Waals surface area contributed by atoms with Gasteiger partial charge in [-0.3, -0.25) is 9.59 Å². The van der Waals surface area contributed by atoms with Crippen LogP contribution in [0.4, 0.5) is 5.69 Å². The highest BCUT2D eigenvalue weighted by atomic mass is 35.5. The molecular formula is C14H22ClN3O3. The molecule has 4 N–H and O–H groups in total. The van der Waals surface area contributed by atoms with Gasteiger partial charge in [-0.1, -0.05) is 6.92 Å². The number of rotatable bonds is 7. The van der Waals surface area contributed by atoms with Crippen LogP contribution in [0.25, 0.3) is 0 Å². The lowest BCUT2D eigenvalue weighted by Crippen LogP contribution is -2.39. The maximum absolute atomic E-state index is 11.7. The summed E-state index contributed by atoms with van der Waals surface area (Å²) in [6.07, 6.45) is 0.886. The van der Waals surface area contributed by atoms with E-state index in [0.29, 0.717) is 17.8 Å². The molecule has 0 aliphatic carbocycles. The first-order valence-corrected chi connectivity index (χ1v) is 6.52. The molecular weight excluding hydrogens is 294 g/mol. The number of halogens is 1. The molecule has 0 saturated carbocycles. The first kappa shape index (κ1) is 19.4. The Morgan fingerprint density at radius 2 is 1.90 bits per heavy atom. The predicted molar refractivity (Wildman–Crippen MR) is 84.8 cm³/mol. The van der Waals surface area contributed by atoms with Gasteiger partial charge in [-0.15, -0.1) is 12.4 Å². The van der Waals surface area contributed by atoms with Gasteiger partial charge in [0.25, 0.3) is 5.91 Å². The Kier molecular flexibility index (Phi) is 9.36. The van der Waals surface area contributed by atoms with Gasteiger partial charge in [-0.2, -0.15) is 0 Å². The van der Waals surface area contributed by atoms with Crippen LogP contribution in [0, 0.1) is 0 Å². The van der Waals surface area contributed by atoms with E-state index in [0.717, 1.165) is 6.42 Å². The molecule has 118 valence electrons. The van der Waals surface area contributed by atoms with Crippen LogP contribution < -0.4 is 16.4 Å². The van der Waals surface area contributed by atoms with Crippen LogP contribution in [0.2, 0.25) is 0 Å². The molecule has 6 nitrogen and oxygen atoms in total. The summed E-state index contributed by atoms with van der Waals surface area (Å²) in [6.45, 7) is 2.79. The van der Waals surface area contributed by atoms with Crippen LogP contribution in [-0.4, -0.2) is 38.1 Å². The molecule has 0 heterocycles. The summed E-state index contributed by atoms with van der Waals surface area (Å²) in [4.78, 5) is 23.4. The fraction of sp³-hybridized carbons (Fsp3) is 0.429. The summed E-state index contributed by atoms with van der Waals surface area (Å²) in [5.41, 5.74) is 6.75. The minimum Gasteiger partial charge on any atom is -0.383 e. The van der Waals surface area contributed by atoms with Crippen LogP contribution in [0.3, 0.4) is 0 Å². The Bertz CT molecular complexity index is 451. The number of nitrogens with two attached hydrogens (primary N) is 1. The molecule has 0 radical (unpaired) electrons. The van der Waals surface area contributed by atoms with Crippen LogP contribution in [0.5, 0.6) is 0 Å². The van der Waals surface area contributed by atoms with E-state index in [1.54, 1.807) is 24.3 Å². The van der Waals surface area contributed by atoms with Crippen molar-refractivity contribution < 1.29 is 14.3 Å². The number of amides is 2. The molecule has 0 bridgehead atoms. The maximum Gasteiger partial charge on any atom is 0.251 e. The summed E-state index contributed by atoms with van der Waals surface area (Å²) in [5, 5.41) is 5.44. The molecule has 1 atom stereocenters. The second kappa shape index (κ2) is 10.1. The van der Waals surface area contributed by atoms with Crippen molar-refractivity contribution in [2.45, 2.75) is 19.4 Å². The van der Waals surface area contributed by atoms with Crippen molar-refractivity contribution in [3.8, 4) is 0 Å². The lowest BCUT2D eigenvalue weighted by atomic mass is 10.2. The molecule has 7 heteroatoms. The molecule has 1 aromatic rings. The van der Waals surface area contributed by atoms with Crippen molar-refractivity contribution in [3.63, 3.8) is 0 Å². The van der Waals surface area contributed by atoms with E-state index < -0.39 is 6.04 Å². The Morgan fingerprint density at radius 3 is 2.43 bits per heavy atom. The standard InChI is InChI=1S/C14H21N3O3.ClH/c1-3-8-16-13(18)10-4-6-11(7-5-10)17-14(19)12(15)9-20-2;/h4-7,12H,3,8-9,15H2,1-2H3,(H,16,18)(H,17,19);1H. The zero-order chi connectivity index (χ0) is 15.0. The summed E-state index contributed by atoms with van der Waals surface area (Å²) >= 11 is 0. The number of carbonyl (C=O) groups excluding carboxylic acids is 2. The number of anilines is 1. The fourth-order valence-electron chi connectivity index (χ4n) is 1.54. The third-order valence-electron chi connectivity index (χ3n) is 2.63. The Balaban J connectivity index is 0.00000400. The van der Waals surface area contributed by atoms with Crippen LogP contribution in [0.1, 0.15) is 23.7 Å². The van der Waals surface area contributed by atoms with E-state index in [-0.39, 0.29) is 30.8 Å². The van der Waals surface area contributed by atoms with Gasteiger partial charge in [0.1, 0.15) is 6.04 Å². The lowest BCUT2D eigenvalue weighted by Gasteiger charge is -2.11. The first-order chi connectivity index (χ1) is 9.58. The number of carbonyl (C=O) groups is 2. The van der Waals surface area contributed by atoms with Gasteiger partial charge in [-0.05, 0) is 30.7 Å². The van der Waals surface area contributed by atoms with Gasteiger partial charge in [0.05, 0.1) is 6.61 Å². The average molecular weight is 316 g/mol. The highest BCUT2D eigenvalue weighted by molar-refractivity contribution is 5.97. The first-order valence-electron chi connectivity index (χ1n) is 6.52. The Hall–Kier alpha value is -1.63. The van der Waals surface area contributed by atoms with Crippen molar-refractivity contribution in [1.29, 1.82) is 0 Å². The molecule has 1 aromatic carbocycles. The highest BCUT2D eigenvalue weighted by Gasteiger charge is 2.13. The molecule has 1 rings (SSSR count). The van der Waals surface area contributed by atoms with Crippen molar-refractivity contribution in [3.05, 3.63) is 29.8 Å². The third-order valence-corrected chi connectivity index (χ3v) is 2.63. The van der Waals surface area contributed by atoms with E-state index in [1.165, 1.54) is 7.11 Å². The van der Waals surface area contributed by atoms with Crippen molar-refractivity contribution >= 4 is 29.9 Å². The molecule has 0 aromatic heterocycles. The lowest BCUT2D eigenvalue weighted by molar-refractivity contribution is -0.118. The van der Waals surface area contributed by atoms with Gasteiger partial charge in [0.15, 0.2) is 0 Å². The summed E-state index contributed by atoms with van der Waals surface area (Å²) < 4.78 is 4.81. The van der Waals surface area contributed by atoms with Crippen LogP contribution >= 0.6 is 12.4 Å². The van der Waals surface area contributed by atoms with Gasteiger partial charge >= 0.3 is 0 Å². The summed E-state index contributed by atoms with van der Waals surface area (Å²) in [5.74, 6) is -0.448. The van der Waals surface area contributed by atoms with E-state index >= 15 is 0 Å². The topological polar surface area (TPSA) is 93.5 Å². The Labute approximate surface area is 130 Å². The van der Waals surface area contributed by atoms with Crippen LogP contribution in [0.15, 0.2) is 24.3 Å². The second-order valence-electron chi connectivity index (χ2n) is 4.38. The fourth-order valence-corrected chi connectivity index (χ4v) is 1.54. The summed E-state index contributed by atoms with van der Waals surface area (Å²) in [7, 11) is 1.48. The minimum atomic E-state index is -0.715. The number of nitrogens with one attached hydrogen (secondary N) is 2. The number of hydrogen-bond acceptors (Lipinski definition) is 4. The smallest absolute Gasteiger partial charge is 0.251 e. The largest absolute Gasteiger partial charge is 0.383 e. The van der Waals surface area contributed by atoms with E-state index in [1.807, 2.05) is 6.92 Å². The van der Waals surface area contributed by atoms with Crippen molar-refractivity contribution in [1.82, 2.24) is 5.32 Å². The minimum absolute atomic E-state index is 0. The zero-order valence-corrected chi connectivity index (χ0v) is 13.0. The van der Waals surface area contributed by atoms with Gasteiger partial charge in [-0.25, -0.2) is 0 Å². The molecule has 0 saturated heterocycles. The number of methoxy groups -OCH3 is 1. The van der Waals surface area contributed by atoms with Crippen molar-refractivity contribution in [2.24, 2.45) is 5.73 Å². The molecule has 0 aliphatic rings. The monoisotopic (exact) mass is 315 g/mol. The molecule has 2 amide bonds.